The number of fused-ring (bicyclic) bond motifs is 1. The zero-order valence-electron chi connectivity index (χ0n) is 15.5. The third kappa shape index (κ3) is 3.58. The number of aryl methyl sites for hydroxylation is 1. The summed E-state index contributed by atoms with van der Waals surface area (Å²) in [6.45, 7) is 5.76. The van der Waals surface area contributed by atoms with Crippen molar-refractivity contribution in [2.75, 3.05) is 39.4 Å². The third-order valence-electron chi connectivity index (χ3n) is 5.45. The first-order valence-electron chi connectivity index (χ1n) is 9.46. The minimum atomic E-state index is -0.766. The van der Waals surface area contributed by atoms with E-state index in [4.69, 9.17) is 4.74 Å². The summed E-state index contributed by atoms with van der Waals surface area (Å²) < 4.78 is 7.33. The van der Waals surface area contributed by atoms with E-state index >= 15 is 0 Å². The van der Waals surface area contributed by atoms with E-state index in [1.807, 2.05) is 29.7 Å². The van der Waals surface area contributed by atoms with Crippen LogP contribution < -0.4 is 0 Å². The van der Waals surface area contributed by atoms with Crippen LogP contribution in [0.15, 0.2) is 18.3 Å². The number of hydrogen-bond acceptors (Lipinski definition) is 6. The molecule has 2 saturated heterocycles. The van der Waals surface area contributed by atoms with E-state index in [2.05, 4.69) is 9.88 Å². The lowest BCUT2D eigenvalue weighted by atomic mass is 10.0. The van der Waals surface area contributed by atoms with Crippen LogP contribution in [0.25, 0.3) is 5.65 Å². The predicted molar refractivity (Wildman–Crippen MR) is 98.6 cm³/mol. The molecule has 0 bridgehead atoms. The van der Waals surface area contributed by atoms with Crippen LogP contribution in [0.4, 0.5) is 0 Å². The highest BCUT2D eigenvalue weighted by Gasteiger charge is 2.30. The quantitative estimate of drug-likeness (QED) is 0.789. The van der Waals surface area contributed by atoms with Crippen molar-refractivity contribution >= 4 is 11.6 Å². The number of carbonyl (C=O) groups excluding carboxylic acids is 1. The Balaban J connectivity index is 1.68. The summed E-state index contributed by atoms with van der Waals surface area (Å²) in [4.78, 5) is 21.7. The number of likely N-dealkylation sites (tertiary alicyclic amines) is 1. The summed E-state index contributed by atoms with van der Waals surface area (Å²) in [6.07, 6.45) is 0.998. The van der Waals surface area contributed by atoms with E-state index in [1.165, 1.54) is 0 Å². The first-order valence-corrected chi connectivity index (χ1v) is 9.46. The van der Waals surface area contributed by atoms with Crippen molar-refractivity contribution in [3.8, 4) is 0 Å². The van der Waals surface area contributed by atoms with E-state index < -0.39 is 12.2 Å². The lowest BCUT2D eigenvalue weighted by molar-refractivity contribution is -0.0407. The number of carbonyl (C=O) groups is 1. The maximum atomic E-state index is 13.1. The predicted octanol–water partition coefficient (Wildman–Crippen LogP) is 0.0426. The Morgan fingerprint density at radius 1 is 1.26 bits per heavy atom. The molecule has 2 aliphatic rings. The fourth-order valence-electron chi connectivity index (χ4n) is 3.83. The highest BCUT2D eigenvalue weighted by molar-refractivity contribution is 5.94. The molecule has 2 fully saturated rings. The SMILES string of the molecule is Cc1cccn2c(CN3CC[C@@H](O)[C@H](O)C3)c(C(=O)N3CCOCC3)nc12. The molecule has 0 spiro atoms. The number of morpholine rings is 1. The van der Waals surface area contributed by atoms with Crippen molar-refractivity contribution in [1.82, 2.24) is 19.2 Å². The molecular formula is C19H26N4O4. The van der Waals surface area contributed by atoms with Crippen LogP contribution >= 0.6 is 0 Å². The molecule has 0 radical (unpaired) electrons. The third-order valence-corrected chi connectivity index (χ3v) is 5.45. The lowest BCUT2D eigenvalue weighted by Crippen LogP contribution is -2.46. The first kappa shape index (κ1) is 18.4. The molecule has 27 heavy (non-hydrogen) atoms. The molecule has 0 unspecified atom stereocenters. The van der Waals surface area contributed by atoms with Gasteiger partial charge in [0.25, 0.3) is 5.91 Å². The van der Waals surface area contributed by atoms with Gasteiger partial charge in [0.15, 0.2) is 5.69 Å². The number of piperidine rings is 1. The van der Waals surface area contributed by atoms with E-state index in [-0.39, 0.29) is 5.91 Å². The van der Waals surface area contributed by atoms with Crippen molar-refractivity contribution in [3.63, 3.8) is 0 Å². The van der Waals surface area contributed by atoms with Crippen LogP contribution in [0.1, 0.15) is 28.2 Å². The average Bonchev–Trinajstić information content (AvgIpc) is 3.05. The second-order valence-electron chi connectivity index (χ2n) is 7.35. The maximum Gasteiger partial charge on any atom is 0.274 e. The van der Waals surface area contributed by atoms with Crippen LogP contribution in [-0.4, -0.2) is 86.9 Å². The number of pyridine rings is 1. The monoisotopic (exact) mass is 374 g/mol. The molecule has 146 valence electrons. The molecule has 1 amide bonds. The van der Waals surface area contributed by atoms with Gasteiger partial charge < -0.3 is 24.3 Å². The topological polar surface area (TPSA) is 90.5 Å². The maximum absolute atomic E-state index is 13.1. The second kappa shape index (κ2) is 7.55. The van der Waals surface area contributed by atoms with Crippen molar-refractivity contribution < 1.29 is 19.7 Å². The average molecular weight is 374 g/mol. The molecule has 8 nitrogen and oxygen atoms in total. The molecule has 2 N–H and O–H groups in total. The van der Waals surface area contributed by atoms with Gasteiger partial charge in [0, 0.05) is 38.9 Å². The van der Waals surface area contributed by atoms with Crippen molar-refractivity contribution in [3.05, 3.63) is 35.3 Å². The first-order chi connectivity index (χ1) is 13.0. The molecule has 0 aliphatic carbocycles. The summed E-state index contributed by atoms with van der Waals surface area (Å²) in [5, 5.41) is 19.8. The zero-order chi connectivity index (χ0) is 19.0. The van der Waals surface area contributed by atoms with Gasteiger partial charge in [-0.05, 0) is 25.0 Å². The summed E-state index contributed by atoms with van der Waals surface area (Å²) in [5.41, 5.74) is 3.08. The standard InChI is InChI=1S/C19H26N4O4/c1-13-3-2-5-23-14(11-21-6-4-15(24)16(25)12-21)17(20-18(13)23)19(26)22-7-9-27-10-8-22/h2-3,5,15-16,24-25H,4,6-12H2,1H3/t15-,16-/m1/s1. The molecule has 0 aromatic carbocycles. The minimum absolute atomic E-state index is 0.0750. The Kier molecular flexibility index (Phi) is 5.14. The van der Waals surface area contributed by atoms with Gasteiger partial charge in [0.1, 0.15) is 5.65 Å². The van der Waals surface area contributed by atoms with Gasteiger partial charge in [-0.25, -0.2) is 4.98 Å². The van der Waals surface area contributed by atoms with Crippen molar-refractivity contribution in [2.45, 2.75) is 32.1 Å². The number of hydrogen-bond donors (Lipinski definition) is 2. The number of aliphatic hydroxyl groups excluding tert-OH is 2. The van der Waals surface area contributed by atoms with Gasteiger partial charge in [-0.15, -0.1) is 0 Å². The smallest absolute Gasteiger partial charge is 0.274 e. The highest BCUT2D eigenvalue weighted by Crippen LogP contribution is 2.22. The van der Waals surface area contributed by atoms with Crippen LogP contribution in [0.5, 0.6) is 0 Å². The molecule has 0 saturated carbocycles. The Labute approximate surface area is 158 Å². The minimum Gasteiger partial charge on any atom is -0.390 e. The number of β-amino-alcohol motifs (C(OH)–C–C–N with tert-alkyl or cyclic N) is 1. The molecule has 4 rings (SSSR count). The number of imidazole rings is 1. The highest BCUT2D eigenvalue weighted by atomic mass is 16.5. The Morgan fingerprint density at radius 3 is 2.78 bits per heavy atom. The molecule has 8 heteroatoms. The number of nitrogens with zero attached hydrogens (tertiary/aromatic N) is 4. The number of aliphatic hydroxyl groups is 2. The van der Waals surface area contributed by atoms with Crippen LogP contribution in [0.2, 0.25) is 0 Å². The van der Waals surface area contributed by atoms with Crippen molar-refractivity contribution in [1.29, 1.82) is 0 Å². The van der Waals surface area contributed by atoms with Gasteiger partial charge in [0.2, 0.25) is 0 Å². The molecule has 2 aromatic rings. The Bertz CT molecular complexity index is 830. The number of ether oxygens (including phenoxy) is 1. The Morgan fingerprint density at radius 2 is 2.04 bits per heavy atom. The van der Waals surface area contributed by atoms with Crippen molar-refractivity contribution in [2.24, 2.45) is 0 Å². The van der Waals surface area contributed by atoms with Crippen LogP contribution in [0, 0.1) is 6.92 Å². The number of rotatable bonds is 3. The van der Waals surface area contributed by atoms with Gasteiger partial charge >= 0.3 is 0 Å². The molecule has 2 atom stereocenters. The van der Waals surface area contributed by atoms with Gasteiger partial charge in [-0.2, -0.15) is 0 Å². The van der Waals surface area contributed by atoms with E-state index in [0.717, 1.165) is 16.9 Å². The van der Waals surface area contributed by atoms with Gasteiger partial charge in [-0.3, -0.25) is 9.69 Å². The van der Waals surface area contributed by atoms with E-state index in [1.54, 1.807) is 4.90 Å². The van der Waals surface area contributed by atoms with Gasteiger partial charge in [0.05, 0.1) is 31.1 Å². The fourth-order valence-corrected chi connectivity index (χ4v) is 3.83. The molecule has 4 heterocycles. The summed E-state index contributed by atoms with van der Waals surface area (Å²) >= 11 is 0. The van der Waals surface area contributed by atoms with Gasteiger partial charge in [-0.1, -0.05) is 6.07 Å². The lowest BCUT2D eigenvalue weighted by Gasteiger charge is -2.33. The number of amides is 1. The largest absolute Gasteiger partial charge is 0.390 e. The van der Waals surface area contributed by atoms with E-state index in [9.17, 15) is 15.0 Å². The summed E-state index contributed by atoms with van der Waals surface area (Å²) in [5.74, 6) is -0.0750. The van der Waals surface area contributed by atoms with Crippen LogP contribution in [-0.2, 0) is 11.3 Å². The second-order valence-corrected chi connectivity index (χ2v) is 7.35. The number of aromatic nitrogens is 2. The fraction of sp³-hybridized carbons (Fsp3) is 0.579. The van der Waals surface area contributed by atoms with E-state index in [0.29, 0.717) is 58.1 Å². The van der Waals surface area contributed by atoms with Crippen LogP contribution in [0.3, 0.4) is 0 Å². The Hall–Kier alpha value is -2.00. The zero-order valence-corrected chi connectivity index (χ0v) is 15.5. The molecular weight excluding hydrogens is 348 g/mol. The molecule has 2 aliphatic heterocycles. The molecule has 2 aromatic heterocycles. The normalized spacial score (nSPS) is 24.5. The summed E-state index contributed by atoms with van der Waals surface area (Å²) in [7, 11) is 0. The summed E-state index contributed by atoms with van der Waals surface area (Å²) in [6, 6.07) is 3.93.